The zero-order valence-corrected chi connectivity index (χ0v) is 38.2. The SMILES string of the molecule is COc1c(C(=O)O)ccc(C(C)(C)C)c1C[C@H](NC(=O)C(NS(=O)(=O)NC(=O)OC(C)(C)C)c1csc(NC(=O)OCc2ccccc2)n1)B1OC2C[C@H]3C[C@@H](C3(C)C)[C@]2(C)O1. The quantitative estimate of drug-likeness (QED) is 0.112. The van der Waals surface area contributed by atoms with E-state index < -0.39 is 70.0 Å². The summed E-state index contributed by atoms with van der Waals surface area (Å²) in [4.78, 5) is 57.1. The number of hydrogen-bond acceptors (Lipinski definition) is 13. The highest BCUT2D eigenvalue weighted by atomic mass is 32.2. The third-order valence-corrected chi connectivity index (χ3v) is 13.7. The highest BCUT2D eigenvalue weighted by molar-refractivity contribution is 7.88. The number of benzene rings is 2. The molecule has 6 atom stereocenters. The number of anilines is 1. The number of thiazole rings is 1. The predicted molar refractivity (Wildman–Crippen MR) is 231 cm³/mol. The minimum absolute atomic E-state index is 0.0159. The Hall–Kier alpha value is -4.76. The molecule has 3 aliphatic carbocycles. The summed E-state index contributed by atoms with van der Waals surface area (Å²) in [5.74, 6) is -2.59. The number of ether oxygens (including phenoxy) is 3. The molecule has 0 radical (unpaired) electrons. The number of aromatic nitrogens is 1. The first-order valence-corrected chi connectivity index (χ1v) is 22.7. The van der Waals surface area contributed by atoms with Gasteiger partial charge in [-0.15, -0.1) is 11.3 Å². The molecule has 7 rings (SSSR count). The minimum Gasteiger partial charge on any atom is -0.496 e. The molecule has 2 heterocycles. The number of nitrogens with one attached hydrogen (secondary N) is 4. The van der Waals surface area contributed by atoms with Crippen LogP contribution in [0.4, 0.5) is 14.7 Å². The summed E-state index contributed by atoms with van der Waals surface area (Å²) in [7, 11) is -4.55. The molecular formula is C42H56BN5O12S2. The zero-order chi connectivity index (χ0) is 45.6. The van der Waals surface area contributed by atoms with Crippen molar-refractivity contribution in [2.45, 2.75) is 123 Å². The van der Waals surface area contributed by atoms with Gasteiger partial charge < -0.3 is 33.9 Å². The van der Waals surface area contributed by atoms with E-state index in [1.54, 1.807) is 55.8 Å². The molecule has 2 aromatic carbocycles. The van der Waals surface area contributed by atoms with Gasteiger partial charge in [-0.25, -0.2) is 24.1 Å². The van der Waals surface area contributed by atoms with Crippen LogP contribution in [-0.4, -0.2) is 80.0 Å². The molecule has 20 heteroatoms. The molecule has 336 valence electrons. The van der Waals surface area contributed by atoms with Crippen LogP contribution < -0.4 is 24.8 Å². The molecule has 1 aliphatic heterocycles. The Balaban J connectivity index is 1.36. The summed E-state index contributed by atoms with van der Waals surface area (Å²) in [6, 6.07) is 10.4. The molecule has 3 aromatic rings. The van der Waals surface area contributed by atoms with Crippen LogP contribution in [0.1, 0.15) is 114 Å². The van der Waals surface area contributed by atoms with Gasteiger partial charge in [-0.2, -0.15) is 13.1 Å². The Morgan fingerprint density at radius 2 is 1.71 bits per heavy atom. The Morgan fingerprint density at radius 3 is 2.32 bits per heavy atom. The summed E-state index contributed by atoms with van der Waals surface area (Å²) in [6.45, 7) is 16.9. The van der Waals surface area contributed by atoms with Gasteiger partial charge in [0, 0.05) is 10.9 Å². The molecule has 3 amide bonds. The van der Waals surface area contributed by atoms with Crippen LogP contribution in [0.2, 0.25) is 0 Å². The number of methoxy groups -OCH3 is 1. The number of carboxylic acids is 1. The van der Waals surface area contributed by atoms with Crippen molar-refractivity contribution in [3.8, 4) is 5.75 Å². The summed E-state index contributed by atoms with van der Waals surface area (Å²) >= 11 is 0.900. The van der Waals surface area contributed by atoms with E-state index in [1.807, 2.05) is 33.8 Å². The van der Waals surface area contributed by atoms with Crippen LogP contribution in [0.15, 0.2) is 47.8 Å². The topological polar surface area (TPSA) is 230 Å². The number of amides is 3. The van der Waals surface area contributed by atoms with Crippen molar-refractivity contribution in [3.05, 3.63) is 75.8 Å². The van der Waals surface area contributed by atoms with Crippen molar-refractivity contribution in [3.63, 3.8) is 0 Å². The highest BCUT2D eigenvalue weighted by Gasteiger charge is 2.68. The lowest BCUT2D eigenvalue weighted by Crippen LogP contribution is -2.65. The first kappa shape index (κ1) is 46.7. The number of carbonyl (C=O) groups is 4. The Morgan fingerprint density at radius 1 is 1.02 bits per heavy atom. The van der Waals surface area contributed by atoms with Crippen LogP contribution in [0.3, 0.4) is 0 Å². The molecule has 62 heavy (non-hydrogen) atoms. The molecule has 1 aromatic heterocycles. The molecule has 4 aliphatic rings. The van der Waals surface area contributed by atoms with E-state index in [0.29, 0.717) is 11.5 Å². The molecule has 2 bridgehead atoms. The maximum absolute atomic E-state index is 14.8. The van der Waals surface area contributed by atoms with Crippen molar-refractivity contribution in [2.24, 2.45) is 17.3 Å². The minimum atomic E-state index is -4.84. The third kappa shape index (κ3) is 10.2. The number of hydrogen-bond donors (Lipinski definition) is 5. The summed E-state index contributed by atoms with van der Waals surface area (Å²) in [6.07, 6.45) is -0.858. The second kappa shape index (κ2) is 17.4. The fourth-order valence-corrected chi connectivity index (χ4v) is 10.5. The van der Waals surface area contributed by atoms with Crippen LogP contribution >= 0.6 is 11.3 Å². The molecule has 1 saturated heterocycles. The summed E-state index contributed by atoms with van der Waals surface area (Å²) in [5.41, 5.74) is -0.622. The number of carbonyl (C=O) groups excluding carboxylic acids is 3. The van der Waals surface area contributed by atoms with Crippen LogP contribution in [-0.2, 0) is 52.2 Å². The van der Waals surface area contributed by atoms with Crippen molar-refractivity contribution >= 4 is 57.9 Å². The normalized spacial score (nSPS) is 22.6. The lowest BCUT2D eigenvalue weighted by atomic mass is 9.43. The Bertz CT molecular complexity index is 2300. The lowest BCUT2D eigenvalue weighted by Gasteiger charge is -2.64. The molecule has 5 N–H and O–H groups in total. The monoisotopic (exact) mass is 897 g/mol. The molecule has 2 unspecified atom stereocenters. The van der Waals surface area contributed by atoms with Gasteiger partial charge in [-0.1, -0.05) is 71.0 Å². The summed E-state index contributed by atoms with van der Waals surface area (Å²) < 4.78 is 60.9. The van der Waals surface area contributed by atoms with E-state index in [9.17, 15) is 32.7 Å². The average Bonchev–Trinajstić information content (AvgIpc) is 3.78. The van der Waals surface area contributed by atoms with E-state index in [4.69, 9.17) is 23.5 Å². The van der Waals surface area contributed by atoms with Gasteiger partial charge in [0.25, 0.3) is 0 Å². The third-order valence-electron chi connectivity index (χ3n) is 11.9. The van der Waals surface area contributed by atoms with Gasteiger partial charge in [0.1, 0.15) is 29.6 Å². The van der Waals surface area contributed by atoms with Gasteiger partial charge >= 0.3 is 35.5 Å². The lowest BCUT2D eigenvalue weighted by molar-refractivity contribution is -0.199. The van der Waals surface area contributed by atoms with Crippen molar-refractivity contribution in [1.29, 1.82) is 0 Å². The van der Waals surface area contributed by atoms with Crippen molar-refractivity contribution in [1.82, 2.24) is 19.7 Å². The van der Waals surface area contributed by atoms with Crippen molar-refractivity contribution in [2.75, 3.05) is 12.4 Å². The van der Waals surface area contributed by atoms with Gasteiger partial charge in [0.2, 0.25) is 5.91 Å². The predicted octanol–water partition coefficient (Wildman–Crippen LogP) is 6.29. The van der Waals surface area contributed by atoms with E-state index in [0.717, 1.165) is 35.3 Å². The fraction of sp³-hybridized carbons (Fsp3) is 0.548. The first-order valence-electron chi connectivity index (χ1n) is 20.3. The highest BCUT2D eigenvalue weighted by Crippen LogP contribution is 2.65. The molecule has 17 nitrogen and oxygen atoms in total. The number of nitrogens with zero attached hydrogens (tertiary/aromatic N) is 1. The first-order chi connectivity index (χ1) is 28.8. The maximum Gasteiger partial charge on any atom is 0.482 e. The van der Waals surface area contributed by atoms with E-state index in [1.165, 1.54) is 18.6 Å². The van der Waals surface area contributed by atoms with Crippen LogP contribution in [0, 0.1) is 17.3 Å². The molecule has 3 saturated carbocycles. The van der Waals surface area contributed by atoms with E-state index >= 15 is 0 Å². The number of rotatable bonds is 14. The molecular weight excluding hydrogens is 841 g/mol. The van der Waals surface area contributed by atoms with Crippen molar-refractivity contribution < 1.29 is 56.2 Å². The Labute approximate surface area is 366 Å². The molecule has 4 fully saturated rings. The maximum atomic E-state index is 14.8. The fourth-order valence-electron chi connectivity index (χ4n) is 8.87. The second-order valence-electron chi connectivity index (χ2n) is 18.8. The van der Waals surface area contributed by atoms with E-state index in [-0.39, 0.29) is 52.6 Å². The second-order valence-corrected chi connectivity index (χ2v) is 21.1. The number of carboxylic acid groups (broad SMARTS) is 1. The van der Waals surface area contributed by atoms with E-state index in [2.05, 4.69) is 34.2 Å². The smallest absolute Gasteiger partial charge is 0.482 e. The Kier molecular flexibility index (Phi) is 13.1. The zero-order valence-electron chi connectivity index (χ0n) is 36.6. The van der Waals surface area contributed by atoms with Gasteiger partial charge in [0.15, 0.2) is 5.13 Å². The standard InChI is InChI=1S/C42H56BN5O12S2/c1-39(2,3)27-17-16-25(35(50)51)33(56-10)26(27)20-31(43-59-30-19-24-18-29(41(24,7)8)42(30,9)60-43)45-34(49)32(47-62(54,55)48-38(53)58-40(4,5)6)28-22-61-36(44-28)46-37(52)57-21-23-14-12-11-13-15-23/h11-17,22,24,29-32,47H,18-21H2,1-10H3,(H,45,49)(H,48,53)(H,50,51)(H,44,46,52)/t24-,29+,30?,31+,32?,42+/m1/s1. The number of aromatic carboxylic acids is 1. The van der Waals surface area contributed by atoms with Gasteiger partial charge in [-0.3, -0.25) is 10.1 Å². The largest absolute Gasteiger partial charge is 0.496 e. The van der Waals surface area contributed by atoms with Gasteiger partial charge in [-0.05, 0) is 86.8 Å². The summed E-state index contributed by atoms with van der Waals surface area (Å²) in [5, 5.41) is 17.0. The van der Waals surface area contributed by atoms with Crippen LogP contribution in [0.25, 0.3) is 0 Å². The van der Waals surface area contributed by atoms with Crippen LogP contribution in [0.5, 0.6) is 5.75 Å². The van der Waals surface area contributed by atoms with Gasteiger partial charge in [0.05, 0.1) is 30.4 Å². The molecule has 0 spiro atoms. The average molecular weight is 898 g/mol.